The number of carbonyl (C=O) groups is 1. The molecule has 1 aromatic carbocycles. The summed E-state index contributed by atoms with van der Waals surface area (Å²) in [4.78, 5) is 20.7. The van der Waals surface area contributed by atoms with Crippen molar-refractivity contribution in [1.29, 1.82) is 0 Å². The Kier molecular flexibility index (Phi) is 7.44. The van der Waals surface area contributed by atoms with E-state index in [9.17, 15) is 15.0 Å². The van der Waals surface area contributed by atoms with Crippen LogP contribution in [0, 0.1) is 17.8 Å². The van der Waals surface area contributed by atoms with Gasteiger partial charge in [-0.3, -0.25) is 9.79 Å². The van der Waals surface area contributed by atoms with Gasteiger partial charge in [-0.1, -0.05) is 11.8 Å². The number of carbonyl (C=O) groups excluding carboxylic acids is 1. The minimum Gasteiger partial charge on any atom is -0.515 e. The van der Waals surface area contributed by atoms with Crippen molar-refractivity contribution in [3.63, 3.8) is 0 Å². The van der Waals surface area contributed by atoms with E-state index in [4.69, 9.17) is 4.99 Å². The number of aliphatic hydroxyl groups is 2. The van der Waals surface area contributed by atoms with E-state index in [1.807, 2.05) is 11.8 Å². The minimum absolute atomic E-state index is 0. The van der Waals surface area contributed by atoms with Crippen molar-refractivity contribution in [2.24, 2.45) is 22.7 Å². The summed E-state index contributed by atoms with van der Waals surface area (Å²) >= 11 is 1.82. The van der Waals surface area contributed by atoms with Gasteiger partial charge in [-0.2, -0.15) is 0 Å². The highest BCUT2D eigenvalue weighted by Gasteiger charge is 2.51. The molecule has 4 aliphatic carbocycles. The Labute approximate surface area is 212 Å². The Bertz CT molecular complexity index is 1040. The topological polar surface area (TPSA) is 85.2 Å². The van der Waals surface area contributed by atoms with Crippen LogP contribution in [-0.4, -0.2) is 49.6 Å². The number of hydrogen-bond acceptors (Lipinski definition) is 5. The van der Waals surface area contributed by atoms with Crippen molar-refractivity contribution in [1.82, 2.24) is 4.90 Å². The zero-order chi connectivity index (χ0) is 23.2. The van der Waals surface area contributed by atoms with E-state index >= 15 is 0 Å². The Morgan fingerprint density at radius 1 is 1.15 bits per heavy atom. The van der Waals surface area contributed by atoms with E-state index in [0.717, 1.165) is 41.2 Å². The normalized spacial score (nSPS) is 34.2. The number of aliphatic hydroxyl groups excluding tert-OH is 2. The first-order chi connectivity index (χ1) is 15.9. The predicted octanol–water partition coefficient (Wildman–Crippen LogP) is 4.18. The summed E-state index contributed by atoms with van der Waals surface area (Å²) in [5, 5.41) is 23.7. The third-order valence-electron chi connectivity index (χ3n) is 7.98. The predicted molar refractivity (Wildman–Crippen MR) is 142 cm³/mol. The summed E-state index contributed by atoms with van der Waals surface area (Å²) in [6.45, 7) is 4.39. The maximum Gasteiger partial charge on any atom is 0.226 e. The zero-order valence-electron chi connectivity index (χ0n) is 19.9. The fourth-order valence-corrected chi connectivity index (χ4v) is 8.47. The lowest BCUT2D eigenvalue weighted by atomic mass is 9.53. The largest absolute Gasteiger partial charge is 0.515 e. The van der Waals surface area contributed by atoms with Gasteiger partial charge in [0.1, 0.15) is 0 Å². The van der Waals surface area contributed by atoms with Gasteiger partial charge in [0.2, 0.25) is 5.91 Å². The van der Waals surface area contributed by atoms with E-state index in [1.54, 1.807) is 18.2 Å². The lowest BCUT2D eigenvalue weighted by Gasteiger charge is -2.55. The van der Waals surface area contributed by atoms with Crippen LogP contribution in [0.3, 0.4) is 0 Å². The molecule has 1 saturated heterocycles. The molecule has 1 aliphatic heterocycles. The second-order valence-corrected chi connectivity index (χ2v) is 11.8. The first-order valence-corrected chi connectivity index (χ1v) is 13.3. The third kappa shape index (κ3) is 4.92. The molecular formula is C26H36ClN3O3S. The summed E-state index contributed by atoms with van der Waals surface area (Å²) in [5.41, 5.74) is 0.749. The molecule has 4 bridgehead atoms. The molecule has 5 fully saturated rings. The fraction of sp³-hybridized carbons (Fsp3) is 0.615. The number of rotatable bonds is 5. The molecule has 1 aromatic rings. The number of benzene rings is 1. The van der Waals surface area contributed by atoms with Gasteiger partial charge in [-0.05, 0) is 88.3 Å². The van der Waals surface area contributed by atoms with Gasteiger partial charge >= 0.3 is 0 Å². The highest BCUT2D eigenvalue weighted by atomic mass is 35.5. The van der Waals surface area contributed by atoms with Crippen LogP contribution in [0.2, 0.25) is 0 Å². The molecule has 6 nitrogen and oxygen atoms in total. The first-order valence-electron chi connectivity index (χ1n) is 12.3. The number of thioether (sulfide) groups is 1. The molecule has 1 heterocycles. The average molecular weight is 506 g/mol. The maximum absolute atomic E-state index is 12.9. The second-order valence-electron chi connectivity index (χ2n) is 10.9. The summed E-state index contributed by atoms with van der Waals surface area (Å²) < 4.78 is 0. The molecule has 1 unspecified atom stereocenters. The Morgan fingerprint density at radius 3 is 2.32 bits per heavy atom. The molecule has 186 valence electrons. The number of amides is 1. The number of hydrogen-bond donors (Lipinski definition) is 3. The van der Waals surface area contributed by atoms with Crippen LogP contribution in [0.4, 0.5) is 5.69 Å². The van der Waals surface area contributed by atoms with Gasteiger partial charge in [0.25, 0.3) is 0 Å². The second kappa shape index (κ2) is 10.0. The highest BCUT2D eigenvalue weighted by Crippen LogP contribution is 2.57. The number of anilines is 1. The van der Waals surface area contributed by atoms with Crippen LogP contribution in [0.15, 0.2) is 23.2 Å². The molecule has 0 radical (unpaired) electrons. The Morgan fingerprint density at radius 2 is 1.76 bits per heavy atom. The number of nitrogens with one attached hydrogen (secondary N) is 1. The van der Waals surface area contributed by atoms with Crippen LogP contribution in [0.1, 0.15) is 58.8 Å². The van der Waals surface area contributed by atoms with Crippen molar-refractivity contribution in [2.45, 2.75) is 76.4 Å². The van der Waals surface area contributed by atoms with Crippen LogP contribution < -0.4 is 15.8 Å². The Balaban J connectivity index is 0.00000274. The molecular weight excluding hydrogens is 470 g/mol. The number of halogens is 1. The molecule has 8 heteroatoms. The zero-order valence-corrected chi connectivity index (χ0v) is 21.6. The van der Waals surface area contributed by atoms with Crippen molar-refractivity contribution in [3.05, 3.63) is 28.6 Å². The van der Waals surface area contributed by atoms with Gasteiger partial charge in [0.05, 0.1) is 18.1 Å². The molecule has 4 saturated carbocycles. The third-order valence-corrected chi connectivity index (χ3v) is 9.10. The number of amidine groups is 1. The minimum atomic E-state index is -0.0491. The molecule has 3 N–H and O–H groups in total. The van der Waals surface area contributed by atoms with Crippen molar-refractivity contribution < 1.29 is 15.0 Å². The van der Waals surface area contributed by atoms with E-state index in [0.29, 0.717) is 28.6 Å². The van der Waals surface area contributed by atoms with Gasteiger partial charge < -0.3 is 20.4 Å². The summed E-state index contributed by atoms with van der Waals surface area (Å²) in [6, 6.07) is 5.47. The lowest BCUT2D eigenvalue weighted by Crippen LogP contribution is -2.50. The molecule has 1 amide bonds. The van der Waals surface area contributed by atoms with Gasteiger partial charge in [0, 0.05) is 40.4 Å². The van der Waals surface area contributed by atoms with Crippen molar-refractivity contribution in [3.8, 4) is 0 Å². The monoisotopic (exact) mass is 505 g/mol. The molecule has 1 atom stereocenters. The van der Waals surface area contributed by atoms with E-state index in [-0.39, 0.29) is 29.9 Å². The van der Waals surface area contributed by atoms with E-state index in [2.05, 4.69) is 24.1 Å². The maximum atomic E-state index is 12.9. The summed E-state index contributed by atoms with van der Waals surface area (Å²) in [5.74, 6) is 3.45. The molecule has 34 heavy (non-hydrogen) atoms. The quantitative estimate of drug-likeness (QED) is 0.559. The molecule has 5 aliphatic rings. The van der Waals surface area contributed by atoms with Crippen LogP contribution >= 0.6 is 24.2 Å². The summed E-state index contributed by atoms with van der Waals surface area (Å²) in [6.07, 6.45) is 10.3. The van der Waals surface area contributed by atoms with Crippen LogP contribution in [-0.2, 0) is 4.79 Å². The van der Waals surface area contributed by atoms with Gasteiger partial charge in [0.15, 0.2) is 5.17 Å². The fourth-order valence-electron chi connectivity index (χ4n) is 7.08. The van der Waals surface area contributed by atoms with Gasteiger partial charge in [-0.25, -0.2) is 0 Å². The van der Waals surface area contributed by atoms with Crippen molar-refractivity contribution >= 4 is 53.5 Å². The SMILES string of the molecule is CC(C)N1C(=NC23CC4CC(CC(C4)C2)C3)SCC1CC(=O)Nc1ccc(=CO)c(=CO)c1.Cl. The summed E-state index contributed by atoms with van der Waals surface area (Å²) in [7, 11) is 0. The molecule has 6 rings (SSSR count). The Hall–Kier alpha value is -1.86. The highest BCUT2D eigenvalue weighted by molar-refractivity contribution is 8.14. The number of aliphatic imine (C=N–C) groups is 1. The van der Waals surface area contributed by atoms with E-state index < -0.39 is 0 Å². The van der Waals surface area contributed by atoms with Crippen LogP contribution in [0.25, 0.3) is 12.5 Å². The molecule has 0 aromatic heterocycles. The standard InChI is InChI=1S/C26H35N3O3S.ClH/c1-16(2)29-23(9-24(32)27-22-4-3-20(13-30)21(8-22)14-31)15-33-25(29)28-26-10-17-5-18(11-26)7-19(6-17)12-26;/h3-4,8,13-14,16-19,23,30-31H,5-7,9-12,15H2,1-2H3,(H,27,32);1H. The molecule has 0 spiro atoms. The lowest BCUT2D eigenvalue weighted by molar-refractivity contribution is -0.117. The van der Waals surface area contributed by atoms with E-state index in [1.165, 1.54) is 38.5 Å². The average Bonchev–Trinajstić information content (AvgIpc) is 3.13. The van der Waals surface area contributed by atoms with Crippen LogP contribution in [0.5, 0.6) is 0 Å². The van der Waals surface area contributed by atoms with Crippen molar-refractivity contribution in [2.75, 3.05) is 11.1 Å². The van der Waals surface area contributed by atoms with Gasteiger partial charge in [-0.15, -0.1) is 12.4 Å². The first kappa shape index (κ1) is 25.2. The smallest absolute Gasteiger partial charge is 0.226 e. The number of nitrogens with zero attached hydrogens (tertiary/aromatic N) is 2.